The van der Waals surface area contributed by atoms with Gasteiger partial charge in [0, 0.05) is 0 Å². The number of unbranched alkanes of at least 4 members (excludes halogenated alkanes) is 1. The van der Waals surface area contributed by atoms with E-state index in [1.54, 1.807) is 0 Å². The third-order valence-electron chi connectivity index (χ3n) is 0.934. The summed E-state index contributed by atoms with van der Waals surface area (Å²) in [4.78, 5) is 0. The molecular weight excluding hydrogens is 215 g/mol. The molecule has 0 aromatic carbocycles. The van der Waals surface area contributed by atoms with Crippen LogP contribution in [0.25, 0.3) is 0 Å². The van der Waals surface area contributed by atoms with Crippen LogP contribution in [0.4, 0.5) is 0 Å². The van der Waals surface area contributed by atoms with Gasteiger partial charge in [-0.2, -0.15) is 0 Å². The van der Waals surface area contributed by atoms with Crippen molar-refractivity contribution in [2.75, 3.05) is 6.54 Å². The summed E-state index contributed by atoms with van der Waals surface area (Å²) in [7, 11) is 0. The third-order valence-corrected chi connectivity index (χ3v) is 1.56. The molecule has 3 heteroatoms. The zero-order valence-corrected chi connectivity index (χ0v) is 7.10. The van der Waals surface area contributed by atoms with E-state index >= 15 is 0 Å². The fraction of sp³-hybridized carbons (Fsp3) is 1.00. The van der Waals surface area contributed by atoms with Crippen LogP contribution >= 0.6 is 22.6 Å². The molecule has 0 aliphatic heterocycles. The van der Waals surface area contributed by atoms with Crippen molar-refractivity contribution in [2.45, 2.75) is 23.3 Å². The smallest absolute Gasteiger partial charge is 0.0568 e. The molecule has 4 N–H and O–H groups in total. The zero-order valence-electron chi connectivity index (χ0n) is 4.94. The van der Waals surface area contributed by atoms with Gasteiger partial charge in [-0.3, -0.25) is 0 Å². The van der Waals surface area contributed by atoms with E-state index in [0.29, 0.717) is 4.05 Å². The quantitative estimate of drug-likeness (QED) is 0.324. The molecule has 0 aliphatic rings. The Balaban J connectivity index is 2.72. The summed E-state index contributed by atoms with van der Waals surface area (Å²) in [5, 5.41) is 0. The molecule has 0 saturated heterocycles. The van der Waals surface area contributed by atoms with E-state index in [-0.39, 0.29) is 0 Å². The van der Waals surface area contributed by atoms with Gasteiger partial charge in [0.05, 0.1) is 4.05 Å². The van der Waals surface area contributed by atoms with E-state index in [1.807, 2.05) is 0 Å². The van der Waals surface area contributed by atoms with Crippen LogP contribution in [0.2, 0.25) is 0 Å². The molecule has 0 fully saturated rings. The second-order valence-corrected chi connectivity index (χ2v) is 3.40. The summed E-state index contributed by atoms with van der Waals surface area (Å²) < 4.78 is 0.319. The summed E-state index contributed by atoms with van der Waals surface area (Å²) in [6.45, 7) is 0.795. The molecule has 1 unspecified atom stereocenters. The third kappa shape index (κ3) is 6.65. The van der Waals surface area contributed by atoms with Gasteiger partial charge in [-0.05, 0) is 25.8 Å². The van der Waals surface area contributed by atoms with Crippen molar-refractivity contribution < 1.29 is 0 Å². The minimum Gasteiger partial charge on any atom is -0.330 e. The highest BCUT2D eigenvalue weighted by Crippen LogP contribution is 2.02. The van der Waals surface area contributed by atoms with Gasteiger partial charge in [-0.25, -0.2) is 0 Å². The lowest BCUT2D eigenvalue weighted by atomic mass is 10.2. The fourth-order valence-electron chi connectivity index (χ4n) is 0.484. The lowest BCUT2D eigenvalue weighted by Gasteiger charge is -1.99. The average molecular weight is 228 g/mol. The molecule has 0 aliphatic carbocycles. The van der Waals surface area contributed by atoms with E-state index in [0.717, 1.165) is 19.4 Å². The Bertz CT molecular complexity index is 47.7. The Morgan fingerprint density at radius 2 is 2.00 bits per heavy atom. The van der Waals surface area contributed by atoms with Gasteiger partial charge in [0.1, 0.15) is 0 Å². The molecule has 2 nitrogen and oxygen atoms in total. The second kappa shape index (κ2) is 5.78. The van der Waals surface area contributed by atoms with E-state index < -0.39 is 0 Å². The molecule has 0 rings (SSSR count). The van der Waals surface area contributed by atoms with Gasteiger partial charge < -0.3 is 11.5 Å². The maximum absolute atomic E-state index is 5.48. The lowest BCUT2D eigenvalue weighted by molar-refractivity contribution is 0.684. The van der Waals surface area contributed by atoms with Gasteiger partial charge in [-0.1, -0.05) is 22.6 Å². The van der Waals surface area contributed by atoms with Crippen molar-refractivity contribution in [3.05, 3.63) is 0 Å². The minimum absolute atomic E-state index is 0.319. The molecule has 0 aromatic heterocycles. The summed E-state index contributed by atoms with van der Waals surface area (Å²) >= 11 is 2.22. The average Bonchev–Trinajstić information content (AvgIpc) is 1.66. The largest absolute Gasteiger partial charge is 0.330 e. The highest BCUT2D eigenvalue weighted by atomic mass is 127. The maximum Gasteiger partial charge on any atom is 0.0568 e. The molecule has 0 saturated carbocycles. The molecule has 0 spiro atoms. The molecule has 0 heterocycles. The summed E-state index contributed by atoms with van der Waals surface area (Å²) in [6.07, 6.45) is 3.37. The Hall–Kier alpha value is 0.650. The van der Waals surface area contributed by atoms with Crippen LogP contribution < -0.4 is 11.5 Å². The Morgan fingerprint density at radius 3 is 2.38 bits per heavy atom. The van der Waals surface area contributed by atoms with Crippen LogP contribution in [-0.4, -0.2) is 10.6 Å². The zero-order chi connectivity index (χ0) is 6.41. The summed E-state index contributed by atoms with van der Waals surface area (Å²) in [5.74, 6) is 0. The van der Waals surface area contributed by atoms with Crippen molar-refractivity contribution in [2.24, 2.45) is 11.5 Å². The van der Waals surface area contributed by atoms with E-state index in [9.17, 15) is 0 Å². The van der Waals surface area contributed by atoms with Crippen LogP contribution in [0.3, 0.4) is 0 Å². The minimum atomic E-state index is 0.319. The molecule has 8 heavy (non-hydrogen) atoms. The Labute approximate surface area is 64.1 Å². The molecular formula is C5H13IN2. The molecule has 0 amide bonds. The highest BCUT2D eigenvalue weighted by Gasteiger charge is 1.92. The lowest BCUT2D eigenvalue weighted by Crippen LogP contribution is -2.10. The number of hydrogen-bond donors (Lipinski definition) is 2. The normalized spacial score (nSPS) is 13.9. The van der Waals surface area contributed by atoms with Gasteiger partial charge >= 0.3 is 0 Å². The first-order valence-corrected chi connectivity index (χ1v) is 4.11. The SMILES string of the molecule is NCCCCC(N)I. The van der Waals surface area contributed by atoms with Gasteiger partial charge in [0.2, 0.25) is 0 Å². The molecule has 0 bridgehead atoms. The van der Waals surface area contributed by atoms with E-state index in [4.69, 9.17) is 11.5 Å². The van der Waals surface area contributed by atoms with Crippen molar-refractivity contribution in [3.8, 4) is 0 Å². The summed E-state index contributed by atoms with van der Waals surface area (Å²) in [6, 6.07) is 0. The van der Waals surface area contributed by atoms with Crippen LogP contribution in [-0.2, 0) is 0 Å². The number of alkyl halides is 1. The van der Waals surface area contributed by atoms with Crippen molar-refractivity contribution in [1.82, 2.24) is 0 Å². The van der Waals surface area contributed by atoms with E-state index in [2.05, 4.69) is 22.6 Å². The first-order valence-electron chi connectivity index (χ1n) is 2.87. The van der Waals surface area contributed by atoms with E-state index in [1.165, 1.54) is 6.42 Å². The predicted octanol–water partition coefficient (Wildman–Crippen LogP) is 0.835. The van der Waals surface area contributed by atoms with Gasteiger partial charge in [0.15, 0.2) is 0 Å². The highest BCUT2D eigenvalue weighted by molar-refractivity contribution is 14.1. The number of hydrogen-bond acceptors (Lipinski definition) is 2. The van der Waals surface area contributed by atoms with Crippen LogP contribution in [0, 0.1) is 0 Å². The monoisotopic (exact) mass is 228 g/mol. The van der Waals surface area contributed by atoms with Crippen molar-refractivity contribution in [1.29, 1.82) is 0 Å². The van der Waals surface area contributed by atoms with Crippen molar-refractivity contribution in [3.63, 3.8) is 0 Å². The number of halogens is 1. The summed E-state index contributed by atoms with van der Waals surface area (Å²) in [5.41, 5.74) is 10.8. The number of rotatable bonds is 4. The van der Waals surface area contributed by atoms with Gasteiger partial charge in [-0.15, -0.1) is 0 Å². The molecule has 0 aromatic rings. The molecule has 50 valence electrons. The topological polar surface area (TPSA) is 52.0 Å². The van der Waals surface area contributed by atoms with Crippen LogP contribution in [0.1, 0.15) is 19.3 Å². The maximum atomic E-state index is 5.48. The first kappa shape index (κ1) is 8.65. The predicted molar refractivity (Wildman–Crippen MR) is 44.9 cm³/mol. The fourth-order valence-corrected chi connectivity index (χ4v) is 0.924. The molecule has 0 radical (unpaired) electrons. The standard InChI is InChI=1S/C5H13IN2/c6-5(8)3-1-2-4-7/h5H,1-4,7-8H2. The van der Waals surface area contributed by atoms with Gasteiger partial charge in [0.25, 0.3) is 0 Å². The Morgan fingerprint density at radius 1 is 1.38 bits per heavy atom. The van der Waals surface area contributed by atoms with Crippen LogP contribution in [0.15, 0.2) is 0 Å². The Kier molecular flexibility index (Phi) is 6.25. The number of nitrogens with two attached hydrogens (primary N) is 2. The first-order chi connectivity index (χ1) is 3.77. The molecule has 1 atom stereocenters. The van der Waals surface area contributed by atoms with Crippen LogP contribution in [0.5, 0.6) is 0 Å². The second-order valence-electron chi connectivity index (χ2n) is 1.80. The van der Waals surface area contributed by atoms with Crippen molar-refractivity contribution >= 4 is 22.6 Å².